The van der Waals surface area contributed by atoms with E-state index >= 15 is 0 Å². The zero-order valence-electron chi connectivity index (χ0n) is 17.4. The Balaban J connectivity index is 1.90. The molecule has 1 N–H and O–H groups in total. The molecule has 0 radical (unpaired) electrons. The molecule has 31 heavy (non-hydrogen) atoms. The first-order valence-electron chi connectivity index (χ1n) is 10.2. The van der Waals surface area contributed by atoms with Crippen molar-refractivity contribution >= 4 is 40.3 Å². The standard InChI is InChI=1S/C23H24FNO5S/c1-3-29-22(27)16-6-5-7-17-19(16)20(23(28)30-4-2)21(31-17)25-18(26)13-10-14-8-11-15(24)12-9-14/h8-13,16H,3-7H2,1-2H3,(H,25,26)/b13-10+. The first-order chi connectivity index (χ1) is 14.9. The Morgan fingerprint density at radius 1 is 1.16 bits per heavy atom. The Hall–Kier alpha value is -3.00. The molecule has 1 aliphatic rings. The zero-order valence-corrected chi connectivity index (χ0v) is 18.2. The molecule has 164 valence electrons. The van der Waals surface area contributed by atoms with Crippen LogP contribution >= 0.6 is 11.3 Å². The molecule has 2 aromatic rings. The molecule has 0 saturated carbocycles. The Morgan fingerprint density at radius 2 is 1.87 bits per heavy atom. The average molecular weight is 446 g/mol. The van der Waals surface area contributed by atoms with Crippen LogP contribution in [-0.2, 0) is 25.5 Å². The first-order valence-corrected chi connectivity index (χ1v) is 11.0. The summed E-state index contributed by atoms with van der Waals surface area (Å²) in [5.74, 6) is -2.31. The number of thiophene rings is 1. The molecule has 1 aromatic heterocycles. The summed E-state index contributed by atoms with van der Waals surface area (Å²) in [4.78, 5) is 38.6. The molecule has 1 amide bonds. The van der Waals surface area contributed by atoms with Crippen LogP contribution in [-0.4, -0.2) is 31.1 Å². The minimum absolute atomic E-state index is 0.172. The number of esters is 2. The summed E-state index contributed by atoms with van der Waals surface area (Å²) in [5.41, 5.74) is 1.49. The van der Waals surface area contributed by atoms with E-state index in [1.165, 1.54) is 29.5 Å². The molecule has 1 atom stereocenters. The van der Waals surface area contributed by atoms with Gasteiger partial charge in [0.05, 0.1) is 24.7 Å². The van der Waals surface area contributed by atoms with E-state index in [1.807, 2.05) is 0 Å². The van der Waals surface area contributed by atoms with Crippen LogP contribution < -0.4 is 5.32 Å². The maximum Gasteiger partial charge on any atom is 0.341 e. The molecule has 0 bridgehead atoms. The minimum Gasteiger partial charge on any atom is -0.466 e. The van der Waals surface area contributed by atoms with E-state index in [0.29, 0.717) is 29.0 Å². The van der Waals surface area contributed by atoms with Gasteiger partial charge in [0.1, 0.15) is 10.8 Å². The molecule has 6 nitrogen and oxygen atoms in total. The quantitative estimate of drug-likeness (QED) is 0.494. The predicted molar refractivity (Wildman–Crippen MR) is 117 cm³/mol. The maximum absolute atomic E-state index is 13.0. The highest BCUT2D eigenvalue weighted by Crippen LogP contribution is 2.44. The molecule has 0 spiro atoms. The van der Waals surface area contributed by atoms with Gasteiger partial charge < -0.3 is 14.8 Å². The van der Waals surface area contributed by atoms with Gasteiger partial charge in [0.2, 0.25) is 5.91 Å². The van der Waals surface area contributed by atoms with Gasteiger partial charge in [-0.25, -0.2) is 9.18 Å². The highest BCUT2D eigenvalue weighted by atomic mass is 32.1. The van der Waals surface area contributed by atoms with Crippen LogP contribution in [0.25, 0.3) is 6.08 Å². The van der Waals surface area contributed by atoms with Crippen molar-refractivity contribution in [3.63, 3.8) is 0 Å². The summed E-state index contributed by atoms with van der Waals surface area (Å²) in [6, 6.07) is 5.71. The molecule has 1 aromatic carbocycles. The van der Waals surface area contributed by atoms with Gasteiger partial charge in [0, 0.05) is 11.0 Å². The fourth-order valence-electron chi connectivity index (χ4n) is 3.53. The summed E-state index contributed by atoms with van der Waals surface area (Å²) in [5, 5.41) is 3.10. The molecular formula is C23H24FNO5S. The lowest BCUT2D eigenvalue weighted by Crippen LogP contribution is -2.23. The molecular weight excluding hydrogens is 421 g/mol. The second-order valence-corrected chi connectivity index (χ2v) is 8.04. The normalized spacial score (nSPS) is 15.4. The highest BCUT2D eigenvalue weighted by Gasteiger charge is 2.36. The molecule has 3 rings (SSSR count). The van der Waals surface area contributed by atoms with Crippen molar-refractivity contribution in [2.24, 2.45) is 0 Å². The third-order valence-electron chi connectivity index (χ3n) is 4.85. The number of halogens is 1. The summed E-state index contributed by atoms with van der Waals surface area (Å²) in [6.07, 6.45) is 4.94. The number of aryl methyl sites for hydroxylation is 1. The highest BCUT2D eigenvalue weighted by molar-refractivity contribution is 7.17. The van der Waals surface area contributed by atoms with Crippen LogP contribution in [0.3, 0.4) is 0 Å². The van der Waals surface area contributed by atoms with E-state index in [1.54, 1.807) is 32.1 Å². The van der Waals surface area contributed by atoms with Gasteiger partial charge in [-0.2, -0.15) is 0 Å². The smallest absolute Gasteiger partial charge is 0.341 e. The fraction of sp³-hybridized carbons (Fsp3) is 0.348. The Morgan fingerprint density at radius 3 is 2.55 bits per heavy atom. The van der Waals surface area contributed by atoms with E-state index in [4.69, 9.17) is 9.47 Å². The number of nitrogens with one attached hydrogen (secondary N) is 1. The number of ether oxygens (including phenoxy) is 2. The first kappa shape index (κ1) is 22.7. The van der Waals surface area contributed by atoms with Gasteiger partial charge >= 0.3 is 11.9 Å². The minimum atomic E-state index is -0.575. The number of amides is 1. The van der Waals surface area contributed by atoms with Gasteiger partial charge in [-0.05, 0) is 62.4 Å². The van der Waals surface area contributed by atoms with Crippen molar-refractivity contribution in [2.45, 2.75) is 39.0 Å². The van der Waals surface area contributed by atoms with E-state index in [2.05, 4.69) is 5.32 Å². The van der Waals surface area contributed by atoms with Crippen LogP contribution in [0, 0.1) is 5.82 Å². The Kier molecular flexibility index (Phi) is 7.57. The molecule has 1 aliphatic carbocycles. The van der Waals surface area contributed by atoms with Gasteiger partial charge in [0.15, 0.2) is 0 Å². The molecule has 0 saturated heterocycles. The maximum atomic E-state index is 13.0. The van der Waals surface area contributed by atoms with E-state index in [9.17, 15) is 18.8 Å². The number of anilines is 1. The predicted octanol–water partition coefficient (Wildman–Crippen LogP) is 4.70. The summed E-state index contributed by atoms with van der Waals surface area (Å²) in [6.45, 7) is 3.86. The number of carbonyl (C=O) groups is 3. The number of rotatable bonds is 7. The van der Waals surface area contributed by atoms with Crippen molar-refractivity contribution in [1.82, 2.24) is 0 Å². The van der Waals surface area contributed by atoms with Crippen LogP contribution in [0.5, 0.6) is 0 Å². The molecule has 0 aliphatic heterocycles. The van der Waals surface area contributed by atoms with Gasteiger partial charge in [-0.1, -0.05) is 12.1 Å². The van der Waals surface area contributed by atoms with Crippen LogP contribution in [0.2, 0.25) is 0 Å². The number of hydrogen-bond donors (Lipinski definition) is 1. The van der Waals surface area contributed by atoms with E-state index in [-0.39, 0.29) is 30.6 Å². The second kappa shape index (κ2) is 10.3. The number of hydrogen-bond acceptors (Lipinski definition) is 6. The molecule has 8 heteroatoms. The Labute approximate surface area is 184 Å². The van der Waals surface area contributed by atoms with Crippen LogP contribution in [0.15, 0.2) is 30.3 Å². The van der Waals surface area contributed by atoms with Gasteiger partial charge in [-0.3, -0.25) is 9.59 Å². The molecule has 1 unspecified atom stereocenters. The van der Waals surface area contributed by atoms with Gasteiger partial charge in [0.25, 0.3) is 0 Å². The molecule has 1 heterocycles. The lowest BCUT2D eigenvalue weighted by Gasteiger charge is -2.22. The van der Waals surface area contributed by atoms with Crippen molar-refractivity contribution in [3.8, 4) is 0 Å². The van der Waals surface area contributed by atoms with Crippen molar-refractivity contribution in [2.75, 3.05) is 18.5 Å². The number of fused-ring (bicyclic) bond motifs is 1. The van der Waals surface area contributed by atoms with E-state index in [0.717, 1.165) is 11.3 Å². The van der Waals surface area contributed by atoms with Crippen LogP contribution in [0.4, 0.5) is 9.39 Å². The van der Waals surface area contributed by atoms with Crippen molar-refractivity contribution in [3.05, 3.63) is 57.7 Å². The van der Waals surface area contributed by atoms with E-state index < -0.39 is 17.8 Å². The summed E-state index contributed by atoms with van der Waals surface area (Å²) >= 11 is 1.28. The largest absolute Gasteiger partial charge is 0.466 e. The lowest BCUT2D eigenvalue weighted by atomic mass is 9.85. The molecule has 0 fully saturated rings. The summed E-state index contributed by atoms with van der Waals surface area (Å²) in [7, 11) is 0. The van der Waals surface area contributed by atoms with Crippen molar-refractivity contribution < 1.29 is 28.2 Å². The number of carbonyl (C=O) groups excluding carboxylic acids is 3. The Bertz CT molecular complexity index is 996. The topological polar surface area (TPSA) is 81.7 Å². The van der Waals surface area contributed by atoms with Crippen LogP contribution in [0.1, 0.15) is 59.0 Å². The second-order valence-electron chi connectivity index (χ2n) is 6.93. The fourth-order valence-corrected chi connectivity index (χ4v) is 4.82. The number of benzene rings is 1. The average Bonchev–Trinajstić information content (AvgIpc) is 3.11. The third kappa shape index (κ3) is 5.38. The SMILES string of the molecule is CCOC(=O)c1c(NC(=O)/C=C/c2ccc(F)cc2)sc2c1C(C(=O)OCC)CCC2. The zero-order chi connectivity index (χ0) is 22.4. The lowest BCUT2D eigenvalue weighted by molar-refractivity contribution is -0.145. The summed E-state index contributed by atoms with van der Waals surface area (Å²) < 4.78 is 23.4. The van der Waals surface area contributed by atoms with Crippen molar-refractivity contribution in [1.29, 1.82) is 0 Å². The van der Waals surface area contributed by atoms with Gasteiger partial charge in [-0.15, -0.1) is 11.3 Å². The third-order valence-corrected chi connectivity index (χ3v) is 6.03. The monoisotopic (exact) mass is 445 g/mol.